The van der Waals surface area contributed by atoms with Gasteiger partial charge >= 0.3 is 0 Å². The highest BCUT2D eigenvalue weighted by atomic mass is 32.2. The normalized spacial score (nSPS) is 15.2. The zero-order chi connectivity index (χ0) is 12.2. The molecule has 0 fully saturated rings. The van der Waals surface area contributed by atoms with Crippen molar-refractivity contribution >= 4 is 22.7 Å². The minimum absolute atomic E-state index is 0.182. The Morgan fingerprint density at radius 3 is 1.94 bits per heavy atom. The van der Waals surface area contributed by atoms with Gasteiger partial charge in [-0.3, -0.25) is 0 Å². The fourth-order valence-electron chi connectivity index (χ4n) is 1.82. The van der Waals surface area contributed by atoms with Crippen molar-refractivity contribution in [1.29, 1.82) is 0 Å². The molecule has 1 aliphatic rings. The molecule has 0 radical (unpaired) electrons. The van der Waals surface area contributed by atoms with Crippen molar-refractivity contribution in [3.8, 4) is 0 Å². The Morgan fingerprint density at radius 2 is 1.28 bits per heavy atom. The van der Waals surface area contributed by atoms with E-state index >= 15 is 0 Å². The minimum Gasteiger partial charge on any atom is -0.186 e. The van der Waals surface area contributed by atoms with E-state index in [1.165, 1.54) is 14.7 Å². The van der Waals surface area contributed by atoms with Crippen LogP contribution in [0.4, 0.5) is 0 Å². The van der Waals surface area contributed by atoms with Crippen LogP contribution in [0.1, 0.15) is 0 Å². The van der Waals surface area contributed by atoms with Crippen molar-refractivity contribution in [3.63, 3.8) is 0 Å². The number of thiol groups is 1. The predicted molar refractivity (Wildman–Crippen MR) is 82.5 cm³/mol. The van der Waals surface area contributed by atoms with Crippen molar-refractivity contribution in [2.75, 3.05) is 0 Å². The molecule has 0 atom stereocenters. The van der Waals surface area contributed by atoms with Gasteiger partial charge in [-0.05, 0) is 52.1 Å². The summed E-state index contributed by atoms with van der Waals surface area (Å²) in [5, 5.41) is 4.57. The average molecular weight is 270 g/mol. The van der Waals surface area contributed by atoms with Crippen LogP contribution in [0.15, 0.2) is 92.3 Å². The molecule has 0 bridgehead atoms. The second kappa shape index (κ2) is 5.51. The summed E-state index contributed by atoms with van der Waals surface area (Å²) < 4.78 is 0. The molecule has 0 amide bonds. The molecule has 2 heteroatoms. The van der Waals surface area contributed by atoms with Gasteiger partial charge in [0.15, 0.2) is 0 Å². The van der Waals surface area contributed by atoms with Crippen LogP contribution in [0.5, 0.6) is 0 Å². The van der Waals surface area contributed by atoms with Gasteiger partial charge in [-0.2, -0.15) is 10.9 Å². The quantitative estimate of drug-likeness (QED) is 0.744. The van der Waals surface area contributed by atoms with Crippen LogP contribution < -0.4 is 0 Å². The monoisotopic (exact) mass is 270 g/mol. The third-order valence-corrected chi connectivity index (χ3v) is 5.62. The van der Waals surface area contributed by atoms with E-state index in [1.807, 2.05) is 11.8 Å². The largest absolute Gasteiger partial charge is 0.186 e. The lowest BCUT2D eigenvalue weighted by molar-refractivity contribution is 1.34. The fourth-order valence-corrected chi connectivity index (χ4v) is 4.16. The Hall–Kier alpha value is -1.38. The Balaban J connectivity index is 1.75. The van der Waals surface area contributed by atoms with Gasteiger partial charge in [0.1, 0.15) is 0 Å². The van der Waals surface area contributed by atoms with Gasteiger partial charge in [-0.1, -0.05) is 42.1 Å². The molecule has 1 aliphatic heterocycles. The number of allylic oxidation sites excluding steroid dienone is 2. The smallest absolute Gasteiger partial charge is 0.0123 e. The maximum absolute atomic E-state index is 2.29. The third kappa shape index (κ3) is 2.71. The molecule has 2 aromatic rings. The van der Waals surface area contributed by atoms with E-state index in [2.05, 4.69) is 77.6 Å². The molecular formula is C16H14S2. The Morgan fingerprint density at radius 1 is 0.667 bits per heavy atom. The maximum atomic E-state index is 2.29. The van der Waals surface area contributed by atoms with Crippen LogP contribution in [0.3, 0.4) is 0 Å². The van der Waals surface area contributed by atoms with Gasteiger partial charge < -0.3 is 0 Å². The summed E-state index contributed by atoms with van der Waals surface area (Å²) in [7, 11) is -0.182. The summed E-state index contributed by atoms with van der Waals surface area (Å²) in [5.41, 5.74) is 0. The van der Waals surface area contributed by atoms with Gasteiger partial charge in [-0.25, -0.2) is 0 Å². The summed E-state index contributed by atoms with van der Waals surface area (Å²) in [4.78, 5) is 4.01. The number of hydrogen-bond donors (Lipinski definition) is 1. The lowest BCUT2D eigenvalue weighted by Crippen LogP contribution is -1.76. The third-order valence-electron chi connectivity index (χ3n) is 2.72. The first kappa shape index (κ1) is 11.7. The van der Waals surface area contributed by atoms with Crippen molar-refractivity contribution in [1.82, 2.24) is 0 Å². The van der Waals surface area contributed by atoms with Crippen molar-refractivity contribution < 1.29 is 0 Å². The Kier molecular flexibility index (Phi) is 3.58. The van der Waals surface area contributed by atoms with Gasteiger partial charge in [0.05, 0.1) is 0 Å². The summed E-state index contributed by atoms with van der Waals surface area (Å²) in [6.07, 6.45) is 4.27. The molecule has 1 heterocycles. The number of hydrogen-bond acceptors (Lipinski definition) is 1. The number of benzene rings is 2. The van der Waals surface area contributed by atoms with Crippen LogP contribution in [0, 0.1) is 0 Å². The highest BCUT2D eigenvalue weighted by Crippen LogP contribution is 2.42. The van der Waals surface area contributed by atoms with E-state index in [-0.39, 0.29) is 10.9 Å². The molecule has 90 valence electrons. The molecule has 2 aromatic carbocycles. The first-order valence-corrected chi connectivity index (χ1v) is 8.18. The van der Waals surface area contributed by atoms with Crippen molar-refractivity contribution in [2.45, 2.75) is 14.7 Å². The Bertz CT molecular complexity index is 556. The summed E-state index contributed by atoms with van der Waals surface area (Å²) in [5.74, 6) is 0. The molecule has 0 saturated heterocycles. The number of rotatable bonds is 3. The van der Waals surface area contributed by atoms with Gasteiger partial charge in [0.2, 0.25) is 0 Å². The molecule has 18 heavy (non-hydrogen) atoms. The van der Waals surface area contributed by atoms with E-state index in [0.29, 0.717) is 0 Å². The predicted octanol–water partition coefficient (Wildman–Crippen LogP) is 5.24. The van der Waals surface area contributed by atoms with Gasteiger partial charge in [0, 0.05) is 9.79 Å². The van der Waals surface area contributed by atoms with E-state index in [1.54, 1.807) is 0 Å². The van der Waals surface area contributed by atoms with Crippen molar-refractivity contribution in [3.05, 3.63) is 77.6 Å². The van der Waals surface area contributed by atoms with Crippen molar-refractivity contribution in [2.24, 2.45) is 0 Å². The lowest BCUT2D eigenvalue weighted by Gasteiger charge is -2.10. The summed E-state index contributed by atoms with van der Waals surface area (Å²) in [6.45, 7) is 0. The summed E-state index contributed by atoms with van der Waals surface area (Å²) in [6, 6.07) is 19.4. The minimum atomic E-state index is -0.182. The SMILES string of the molecule is C1=C[SH](c2ccc(Sc3ccccc3)cc2)C=C1. The zero-order valence-corrected chi connectivity index (χ0v) is 11.6. The van der Waals surface area contributed by atoms with Crippen LogP contribution in [0.25, 0.3) is 0 Å². The fraction of sp³-hybridized carbons (Fsp3) is 0. The molecule has 0 unspecified atom stereocenters. The molecule has 0 aliphatic carbocycles. The highest BCUT2D eigenvalue weighted by Gasteiger charge is 2.03. The van der Waals surface area contributed by atoms with Crippen LogP contribution >= 0.6 is 22.7 Å². The molecule has 0 nitrogen and oxygen atoms in total. The van der Waals surface area contributed by atoms with Gasteiger partial charge in [0.25, 0.3) is 0 Å². The topological polar surface area (TPSA) is 0 Å². The first-order valence-electron chi connectivity index (χ1n) is 5.88. The lowest BCUT2D eigenvalue weighted by atomic mass is 10.4. The zero-order valence-electron chi connectivity index (χ0n) is 9.86. The molecule has 0 saturated carbocycles. The second-order valence-electron chi connectivity index (χ2n) is 4.00. The molecular weight excluding hydrogens is 256 g/mol. The molecule has 3 rings (SSSR count). The van der Waals surface area contributed by atoms with E-state index in [4.69, 9.17) is 0 Å². The Labute approximate surface area is 115 Å². The maximum Gasteiger partial charge on any atom is 0.0123 e. The standard InChI is InChI=1S/C16H14S2/c1-2-6-14(7-3-1)17-15-8-10-16(11-9-15)18-12-4-5-13-18/h1-13,18H. The van der Waals surface area contributed by atoms with E-state index < -0.39 is 0 Å². The van der Waals surface area contributed by atoms with E-state index in [9.17, 15) is 0 Å². The molecule has 0 N–H and O–H groups in total. The van der Waals surface area contributed by atoms with Crippen LogP contribution in [-0.2, 0) is 0 Å². The average Bonchev–Trinajstić information content (AvgIpc) is 2.95. The molecule has 0 aromatic heterocycles. The summed E-state index contributed by atoms with van der Waals surface area (Å²) >= 11 is 1.81. The van der Waals surface area contributed by atoms with Crippen LogP contribution in [-0.4, -0.2) is 0 Å². The highest BCUT2D eigenvalue weighted by molar-refractivity contribution is 8.22. The van der Waals surface area contributed by atoms with Crippen LogP contribution in [0.2, 0.25) is 0 Å². The molecule has 0 spiro atoms. The second-order valence-corrected chi connectivity index (χ2v) is 7.07. The van der Waals surface area contributed by atoms with Gasteiger partial charge in [-0.15, -0.1) is 0 Å². The first-order chi connectivity index (χ1) is 8.92. The van der Waals surface area contributed by atoms with E-state index in [0.717, 1.165) is 0 Å².